The second-order valence-corrected chi connectivity index (χ2v) is 6.32. The fourth-order valence-corrected chi connectivity index (χ4v) is 2.83. The van der Waals surface area contributed by atoms with Gasteiger partial charge in [0.25, 0.3) is 0 Å². The zero-order chi connectivity index (χ0) is 17.8. The first-order valence-corrected chi connectivity index (χ1v) is 8.21. The van der Waals surface area contributed by atoms with E-state index in [1.165, 1.54) is 5.56 Å². The molecule has 25 heavy (non-hydrogen) atoms. The molecule has 0 amide bonds. The molecule has 0 fully saturated rings. The van der Waals surface area contributed by atoms with E-state index in [4.69, 9.17) is 9.84 Å². The smallest absolute Gasteiger partial charge is 0.335 e. The minimum atomic E-state index is -0.913. The van der Waals surface area contributed by atoms with Crippen LogP contribution in [-0.4, -0.2) is 41.2 Å². The number of benzene rings is 2. The molecule has 5 nitrogen and oxygen atoms in total. The van der Waals surface area contributed by atoms with E-state index < -0.39 is 5.97 Å². The maximum Gasteiger partial charge on any atom is 0.335 e. The van der Waals surface area contributed by atoms with Crippen LogP contribution in [-0.2, 0) is 13.1 Å². The van der Waals surface area contributed by atoms with Gasteiger partial charge in [0.1, 0.15) is 12.4 Å². The Bertz CT molecular complexity index is 866. The Morgan fingerprint density at radius 1 is 1.12 bits per heavy atom. The lowest BCUT2D eigenvalue weighted by Gasteiger charge is -2.11. The summed E-state index contributed by atoms with van der Waals surface area (Å²) in [5, 5.41) is 10.2. The Morgan fingerprint density at radius 3 is 2.56 bits per heavy atom. The number of aromatic carboxylic acids is 1. The molecule has 0 radical (unpaired) electrons. The van der Waals surface area contributed by atoms with Crippen LogP contribution in [0.3, 0.4) is 0 Å². The Morgan fingerprint density at radius 2 is 1.88 bits per heavy atom. The van der Waals surface area contributed by atoms with E-state index in [1.807, 2.05) is 49.1 Å². The lowest BCUT2D eigenvalue weighted by Crippen LogP contribution is -2.10. The molecule has 0 spiro atoms. The predicted octanol–water partition coefficient (Wildman–Crippen LogP) is 3.48. The van der Waals surface area contributed by atoms with Crippen molar-refractivity contribution in [3.63, 3.8) is 0 Å². The second kappa shape index (κ2) is 7.40. The normalized spacial score (nSPS) is 11.2. The number of ether oxygens (including phenoxy) is 1. The van der Waals surface area contributed by atoms with Gasteiger partial charge in [-0.15, -0.1) is 0 Å². The van der Waals surface area contributed by atoms with E-state index in [0.717, 1.165) is 23.2 Å². The minimum absolute atomic E-state index is 0.296. The van der Waals surface area contributed by atoms with Crippen molar-refractivity contribution in [2.45, 2.75) is 13.1 Å². The molecule has 3 rings (SSSR count). The largest absolute Gasteiger partial charge is 0.492 e. The van der Waals surface area contributed by atoms with Crippen LogP contribution >= 0.6 is 0 Å². The van der Waals surface area contributed by atoms with E-state index in [2.05, 4.69) is 17.0 Å². The van der Waals surface area contributed by atoms with Gasteiger partial charge < -0.3 is 19.3 Å². The van der Waals surface area contributed by atoms with Gasteiger partial charge in [-0.05, 0) is 55.4 Å². The van der Waals surface area contributed by atoms with Gasteiger partial charge in [0.05, 0.1) is 12.1 Å². The highest BCUT2D eigenvalue weighted by Crippen LogP contribution is 2.18. The lowest BCUT2D eigenvalue weighted by molar-refractivity contribution is 0.0697. The summed E-state index contributed by atoms with van der Waals surface area (Å²) < 4.78 is 7.83. The van der Waals surface area contributed by atoms with Crippen LogP contribution in [0, 0.1) is 0 Å². The molecular weight excluding hydrogens is 316 g/mol. The summed E-state index contributed by atoms with van der Waals surface area (Å²) in [5.74, 6) is -0.0751. The molecule has 0 bridgehead atoms. The first-order chi connectivity index (χ1) is 12.0. The number of hydrogen-bond donors (Lipinski definition) is 1. The molecule has 1 N–H and O–H groups in total. The number of nitrogens with zero attached hydrogens (tertiary/aromatic N) is 2. The molecule has 0 aliphatic rings. The SMILES string of the molecule is CN(C)Cc1ccc(OCCn2ccc3ccc(C(=O)O)cc32)cc1. The predicted molar refractivity (Wildman–Crippen MR) is 98.2 cm³/mol. The number of carboxylic acid groups (broad SMARTS) is 1. The zero-order valence-electron chi connectivity index (χ0n) is 14.5. The van der Waals surface area contributed by atoms with Crippen LogP contribution in [0.2, 0.25) is 0 Å². The highest BCUT2D eigenvalue weighted by Gasteiger charge is 2.07. The second-order valence-electron chi connectivity index (χ2n) is 6.32. The van der Waals surface area contributed by atoms with E-state index in [0.29, 0.717) is 18.7 Å². The number of hydrogen-bond acceptors (Lipinski definition) is 3. The summed E-state index contributed by atoms with van der Waals surface area (Å²) in [7, 11) is 4.09. The molecule has 0 unspecified atom stereocenters. The first-order valence-electron chi connectivity index (χ1n) is 8.21. The third kappa shape index (κ3) is 4.19. The van der Waals surface area contributed by atoms with Crippen LogP contribution in [0.1, 0.15) is 15.9 Å². The summed E-state index contributed by atoms with van der Waals surface area (Å²) in [6.45, 7) is 2.08. The quantitative estimate of drug-likeness (QED) is 0.716. The van der Waals surface area contributed by atoms with E-state index >= 15 is 0 Å². The minimum Gasteiger partial charge on any atom is -0.492 e. The van der Waals surface area contributed by atoms with Crippen LogP contribution in [0.25, 0.3) is 10.9 Å². The van der Waals surface area contributed by atoms with Crippen molar-refractivity contribution in [3.05, 3.63) is 65.9 Å². The van der Waals surface area contributed by atoms with Crippen molar-refractivity contribution in [2.24, 2.45) is 0 Å². The molecule has 0 atom stereocenters. The highest BCUT2D eigenvalue weighted by molar-refractivity contribution is 5.93. The molecule has 2 aromatic carbocycles. The summed E-state index contributed by atoms with van der Waals surface area (Å²) in [5.41, 5.74) is 2.45. The topological polar surface area (TPSA) is 54.7 Å². The molecule has 0 aliphatic carbocycles. The fraction of sp³-hybridized carbons (Fsp3) is 0.250. The molecule has 1 aromatic heterocycles. The number of carboxylic acids is 1. The lowest BCUT2D eigenvalue weighted by atomic mass is 10.2. The Balaban J connectivity index is 1.63. The summed E-state index contributed by atoms with van der Waals surface area (Å²) in [4.78, 5) is 13.3. The fourth-order valence-electron chi connectivity index (χ4n) is 2.83. The van der Waals surface area contributed by atoms with Crippen molar-refractivity contribution in [1.82, 2.24) is 9.47 Å². The van der Waals surface area contributed by atoms with Crippen LogP contribution in [0.5, 0.6) is 5.75 Å². The van der Waals surface area contributed by atoms with E-state index in [1.54, 1.807) is 12.1 Å². The molecule has 130 valence electrons. The van der Waals surface area contributed by atoms with Gasteiger partial charge in [-0.3, -0.25) is 0 Å². The highest BCUT2D eigenvalue weighted by atomic mass is 16.5. The number of rotatable bonds is 7. The summed E-state index contributed by atoms with van der Waals surface area (Å²) in [6.07, 6.45) is 1.96. The van der Waals surface area contributed by atoms with Gasteiger partial charge in [-0.25, -0.2) is 4.79 Å². The van der Waals surface area contributed by atoms with Gasteiger partial charge in [0.15, 0.2) is 0 Å². The van der Waals surface area contributed by atoms with Gasteiger partial charge in [0.2, 0.25) is 0 Å². The van der Waals surface area contributed by atoms with Crippen molar-refractivity contribution in [3.8, 4) is 5.75 Å². The first kappa shape index (κ1) is 17.0. The van der Waals surface area contributed by atoms with Crippen molar-refractivity contribution < 1.29 is 14.6 Å². The van der Waals surface area contributed by atoms with Gasteiger partial charge in [-0.2, -0.15) is 0 Å². The maximum atomic E-state index is 11.1. The molecule has 3 aromatic rings. The van der Waals surface area contributed by atoms with Gasteiger partial charge in [0, 0.05) is 18.3 Å². The molecule has 5 heteroatoms. The van der Waals surface area contributed by atoms with Gasteiger partial charge in [-0.1, -0.05) is 18.2 Å². The van der Waals surface area contributed by atoms with Crippen LogP contribution in [0.4, 0.5) is 0 Å². The third-order valence-electron chi connectivity index (χ3n) is 4.04. The Kier molecular flexibility index (Phi) is 5.05. The average Bonchev–Trinajstić information content (AvgIpc) is 2.98. The molecular formula is C20H22N2O3. The van der Waals surface area contributed by atoms with E-state index in [-0.39, 0.29) is 0 Å². The Labute approximate surface area is 147 Å². The zero-order valence-corrected chi connectivity index (χ0v) is 14.5. The summed E-state index contributed by atoms with van der Waals surface area (Å²) in [6, 6.07) is 15.2. The number of fused-ring (bicyclic) bond motifs is 1. The number of aromatic nitrogens is 1. The van der Waals surface area contributed by atoms with Crippen molar-refractivity contribution in [1.29, 1.82) is 0 Å². The summed E-state index contributed by atoms with van der Waals surface area (Å²) >= 11 is 0. The maximum absolute atomic E-state index is 11.1. The average molecular weight is 338 g/mol. The Hall–Kier alpha value is -2.79. The van der Waals surface area contributed by atoms with Gasteiger partial charge >= 0.3 is 5.97 Å². The molecule has 0 saturated carbocycles. The van der Waals surface area contributed by atoms with Crippen molar-refractivity contribution >= 4 is 16.9 Å². The molecule has 0 aliphatic heterocycles. The van der Waals surface area contributed by atoms with Crippen molar-refractivity contribution in [2.75, 3.05) is 20.7 Å². The monoisotopic (exact) mass is 338 g/mol. The van der Waals surface area contributed by atoms with Crippen LogP contribution in [0.15, 0.2) is 54.7 Å². The van der Waals surface area contributed by atoms with E-state index in [9.17, 15) is 4.79 Å². The molecule has 1 heterocycles. The standard InChI is InChI=1S/C20H22N2O3/c1-21(2)14-15-3-7-18(8-4-15)25-12-11-22-10-9-16-5-6-17(20(23)24)13-19(16)22/h3-10,13H,11-12,14H2,1-2H3,(H,23,24). The third-order valence-corrected chi connectivity index (χ3v) is 4.04. The number of carbonyl (C=O) groups is 1. The molecule has 0 saturated heterocycles. The van der Waals surface area contributed by atoms with Crippen LogP contribution < -0.4 is 4.74 Å².